The number of piperazine rings is 1. The van der Waals surface area contributed by atoms with E-state index in [1.54, 1.807) is 34.9 Å². The minimum atomic E-state index is -3.58. The molecule has 0 atom stereocenters. The molecule has 1 heterocycles. The maximum Gasteiger partial charge on any atom is 0.243 e. The van der Waals surface area contributed by atoms with Crippen LogP contribution in [0.15, 0.2) is 59.5 Å². The molecule has 0 radical (unpaired) electrons. The second kappa shape index (κ2) is 9.78. The molecule has 1 fully saturated rings. The van der Waals surface area contributed by atoms with Gasteiger partial charge in [0.05, 0.1) is 10.6 Å². The average Bonchev–Trinajstić information content (AvgIpc) is 2.72. The highest BCUT2D eigenvalue weighted by Crippen LogP contribution is 2.21. The third-order valence-electron chi connectivity index (χ3n) is 4.63. The standard InChI is InChI=1S/C20H23ClN2O3S2/c21-18-7-4-8-19(15-18)28(25,26)23-12-10-22(11-13-23)20(24)16-27-14-9-17-5-2-1-3-6-17/h1-8,15H,9-14,16H2. The topological polar surface area (TPSA) is 57.7 Å². The van der Waals surface area contributed by atoms with Gasteiger partial charge in [-0.2, -0.15) is 16.1 Å². The number of hydrogen-bond acceptors (Lipinski definition) is 4. The van der Waals surface area contributed by atoms with Gasteiger partial charge in [0.2, 0.25) is 15.9 Å². The number of carbonyl (C=O) groups is 1. The van der Waals surface area contributed by atoms with Gasteiger partial charge in [-0.3, -0.25) is 4.79 Å². The third-order valence-corrected chi connectivity index (χ3v) is 7.70. The number of thioether (sulfide) groups is 1. The minimum Gasteiger partial charge on any atom is -0.339 e. The maximum absolute atomic E-state index is 12.7. The highest BCUT2D eigenvalue weighted by Gasteiger charge is 2.30. The lowest BCUT2D eigenvalue weighted by molar-refractivity contribution is -0.129. The summed E-state index contributed by atoms with van der Waals surface area (Å²) in [5, 5.41) is 0.391. The minimum absolute atomic E-state index is 0.0675. The Bertz CT molecular complexity index is 899. The van der Waals surface area contributed by atoms with Gasteiger partial charge in [-0.05, 0) is 35.9 Å². The van der Waals surface area contributed by atoms with Gasteiger partial charge < -0.3 is 4.90 Å². The zero-order chi connectivity index (χ0) is 20.0. The summed E-state index contributed by atoms with van der Waals surface area (Å²) in [6.07, 6.45) is 0.935. The zero-order valence-corrected chi connectivity index (χ0v) is 17.8. The number of benzene rings is 2. The predicted octanol–water partition coefficient (Wildman–Crippen LogP) is 3.15. The predicted molar refractivity (Wildman–Crippen MR) is 114 cm³/mol. The molecule has 3 rings (SSSR count). The number of aryl methyl sites for hydroxylation is 1. The molecule has 28 heavy (non-hydrogen) atoms. The summed E-state index contributed by atoms with van der Waals surface area (Å²) in [7, 11) is -3.58. The molecule has 0 aromatic heterocycles. The number of carbonyl (C=O) groups excluding carboxylic acids is 1. The largest absolute Gasteiger partial charge is 0.339 e. The normalized spacial score (nSPS) is 15.5. The molecular weight excluding hydrogens is 416 g/mol. The van der Waals surface area contributed by atoms with Crippen LogP contribution in [0.1, 0.15) is 5.56 Å². The summed E-state index contributed by atoms with van der Waals surface area (Å²) < 4.78 is 26.9. The Labute approximate surface area is 175 Å². The van der Waals surface area contributed by atoms with Crippen molar-refractivity contribution < 1.29 is 13.2 Å². The summed E-state index contributed by atoms with van der Waals surface area (Å²) in [5.41, 5.74) is 1.27. The van der Waals surface area contributed by atoms with E-state index in [0.717, 1.165) is 12.2 Å². The average molecular weight is 439 g/mol. The maximum atomic E-state index is 12.7. The summed E-state index contributed by atoms with van der Waals surface area (Å²) in [6, 6.07) is 16.5. The van der Waals surface area contributed by atoms with E-state index in [2.05, 4.69) is 12.1 Å². The Kier molecular flexibility index (Phi) is 7.40. The Balaban J connectivity index is 1.45. The van der Waals surface area contributed by atoms with Gasteiger partial charge in [0, 0.05) is 31.2 Å². The van der Waals surface area contributed by atoms with E-state index >= 15 is 0 Å². The van der Waals surface area contributed by atoms with E-state index in [4.69, 9.17) is 11.6 Å². The van der Waals surface area contributed by atoms with Crippen molar-refractivity contribution in [3.8, 4) is 0 Å². The molecule has 0 spiro atoms. The zero-order valence-electron chi connectivity index (χ0n) is 15.5. The Morgan fingerprint density at radius 2 is 1.71 bits per heavy atom. The van der Waals surface area contributed by atoms with E-state index in [9.17, 15) is 13.2 Å². The Morgan fingerprint density at radius 3 is 2.39 bits per heavy atom. The van der Waals surface area contributed by atoms with Gasteiger partial charge in [0.15, 0.2) is 0 Å². The molecule has 0 bridgehead atoms. The molecule has 0 aliphatic carbocycles. The van der Waals surface area contributed by atoms with Crippen molar-refractivity contribution in [1.29, 1.82) is 0 Å². The molecule has 2 aromatic rings. The molecule has 0 N–H and O–H groups in total. The molecule has 1 aliphatic heterocycles. The first-order chi connectivity index (χ1) is 13.5. The Hall–Kier alpha value is -1.54. The van der Waals surface area contributed by atoms with Crippen molar-refractivity contribution in [2.75, 3.05) is 37.7 Å². The molecule has 0 saturated carbocycles. The molecule has 150 valence electrons. The number of amides is 1. The smallest absolute Gasteiger partial charge is 0.243 e. The van der Waals surface area contributed by atoms with Crippen molar-refractivity contribution in [3.05, 3.63) is 65.2 Å². The van der Waals surface area contributed by atoms with Crippen molar-refractivity contribution in [2.45, 2.75) is 11.3 Å². The molecule has 1 aliphatic rings. The molecule has 5 nitrogen and oxygen atoms in total. The van der Waals surface area contributed by atoms with Crippen molar-refractivity contribution in [3.63, 3.8) is 0 Å². The highest BCUT2D eigenvalue weighted by molar-refractivity contribution is 7.99. The number of sulfonamides is 1. The van der Waals surface area contributed by atoms with Crippen LogP contribution in [0.4, 0.5) is 0 Å². The quantitative estimate of drug-likeness (QED) is 0.623. The van der Waals surface area contributed by atoms with Crippen LogP contribution in [0, 0.1) is 0 Å². The fourth-order valence-electron chi connectivity index (χ4n) is 3.04. The van der Waals surface area contributed by atoms with Crippen molar-refractivity contribution >= 4 is 39.3 Å². The summed E-state index contributed by atoms with van der Waals surface area (Å²) in [4.78, 5) is 14.3. The lowest BCUT2D eigenvalue weighted by Gasteiger charge is -2.34. The van der Waals surface area contributed by atoms with Crippen LogP contribution < -0.4 is 0 Å². The third kappa shape index (κ3) is 5.50. The first-order valence-electron chi connectivity index (χ1n) is 9.12. The molecule has 0 unspecified atom stereocenters. The first kappa shape index (κ1) is 21.2. The van der Waals surface area contributed by atoms with Gasteiger partial charge in [-0.25, -0.2) is 8.42 Å². The molecule has 8 heteroatoms. The lowest BCUT2D eigenvalue weighted by atomic mass is 10.2. The van der Waals surface area contributed by atoms with Gasteiger partial charge >= 0.3 is 0 Å². The van der Waals surface area contributed by atoms with Gasteiger partial charge in [-0.1, -0.05) is 48.0 Å². The van der Waals surface area contributed by atoms with E-state index in [1.165, 1.54) is 15.9 Å². The fourth-order valence-corrected chi connectivity index (χ4v) is 5.64. The van der Waals surface area contributed by atoms with E-state index in [1.807, 2.05) is 18.2 Å². The second-order valence-corrected chi connectivity index (χ2v) is 10.0. The van der Waals surface area contributed by atoms with Crippen molar-refractivity contribution in [1.82, 2.24) is 9.21 Å². The fraction of sp³-hybridized carbons (Fsp3) is 0.350. The number of halogens is 1. The van der Waals surface area contributed by atoms with Gasteiger partial charge in [0.1, 0.15) is 0 Å². The summed E-state index contributed by atoms with van der Waals surface area (Å²) in [5.74, 6) is 1.38. The van der Waals surface area contributed by atoms with Crippen LogP contribution in [-0.4, -0.2) is 61.2 Å². The molecule has 1 amide bonds. The molecule has 1 saturated heterocycles. The number of rotatable bonds is 7. The van der Waals surface area contributed by atoms with Gasteiger partial charge in [-0.15, -0.1) is 0 Å². The van der Waals surface area contributed by atoms with Crippen LogP contribution in [0.2, 0.25) is 5.02 Å². The van der Waals surface area contributed by atoms with E-state index in [-0.39, 0.29) is 10.8 Å². The first-order valence-corrected chi connectivity index (χ1v) is 12.1. The summed E-state index contributed by atoms with van der Waals surface area (Å²) >= 11 is 7.53. The number of nitrogens with zero attached hydrogens (tertiary/aromatic N) is 2. The molecule has 2 aromatic carbocycles. The van der Waals surface area contributed by atoms with Crippen molar-refractivity contribution in [2.24, 2.45) is 0 Å². The number of hydrogen-bond donors (Lipinski definition) is 0. The second-order valence-electron chi connectivity index (χ2n) is 6.53. The van der Waals surface area contributed by atoms with E-state index < -0.39 is 10.0 Å². The van der Waals surface area contributed by atoms with E-state index in [0.29, 0.717) is 37.0 Å². The van der Waals surface area contributed by atoms with Crippen LogP contribution >= 0.6 is 23.4 Å². The SMILES string of the molecule is O=C(CSCCc1ccccc1)N1CCN(S(=O)(=O)c2cccc(Cl)c2)CC1. The molecular formula is C20H23ClN2O3S2. The highest BCUT2D eigenvalue weighted by atomic mass is 35.5. The van der Waals surface area contributed by atoms with Crippen LogP contribution in [-0.2, 0) is 21.2 Å². The van der Waals surface area contributed by atoms with Crippen LogP contribution in [0.25, 0.3) is 0 Å². The van der Waals surface area contributed by atoms with Crippen LogP contribution in [0.3, 0.4) is 0 Å². The van der Waals surface area contributed by atoms with Crippen LogP contribution in [0.5, 0.6) is 0 Å². The summed E-state index contributed by atoms with van der Waals surface area (Å²) in [6.45, 7) is 1.43. The van der Waals surface area contributed by atoms with Gasteiger partial charge in [0.25, 0.3) is 0 Å². The lowest BCUT2D eigenvalue weighted by Crippen LogP contribution is -2.51. The Morgan fingerprint density at radius 1 is 1.00 bits per heavy atom. The monoisotopic (exact) mass is 438 g/mol.